The summed E-state index contributed by atoms with van der Waals surface area (Å²) in [5.74, 6) is -1.80. The minimum absolute atomic E-state index is 0.107. The highest BCUT2D eigenvalue weighted by Gasteiger charge is 2.17. The molecule has 0 aliphatic heterocycles. The van der Waals surface area contributed by atoms with Crippen LogP contribution in [0.15, 0.2) is 42.5 Å². The Hall–Kier alpha value is -2.43. The fraction of sp³-hybridized carbons (Fsp3) is 0.188. The Morgan fingerprint density at radius 3 is 2.57 bits per heavy atom. The van der Waals surface area contributed by atoms with E-state index in [1.54, 1.807) is 25.1 Å². The number of halogens is 2. The van der Waals surface area contributed by atoms with E-state index in [4.69, 9.17) is 0 Å². The van der Waals surface area contributed by atoms with E-state index in [0.29, 0.717) is 12.2 Å². The van der Waals surface area contributed by atoms with Crippen molar-refractivity contribution in [1.29, 1.82) is 0 Å². The van der Waals surface area contributed by atoms with Crippen LogP contribution in [0.25, 0.3) is 0 Å². The van der Waals surface area contributed by atoms with E-state index >= 15 is 0 Å². The topological polar surface area (TPSA) is 40.5 Å². The number of benzene rings is 2. The fourth-order valence-corrected chi connectivity index (χ4v) is 2.07. The molecule has 21 heavy (non-hydrogen) atoms. The van der Waals surface area contributed by atoms with E-state index in [1.165, 1.54) is 11.0 Å². The Balaban J connectivity index is 2.25. The average molecular weight is 291 g/mol. The first-order valence-electron chi connectivity index (χ1n) is 6.54. The number of carbonyl (C=O) groups excluding carboxylic acids is 1. The molecule has 0 heterocycles. The number of para-hydroxylation sites is 1. The molecule has 0 radical (unpaired) electrons. The maximum absolute atomic E-state index is 13.8. The van der Waals surface area contributed by atoms with E-state index < -0.39 is 17.4 Å². The van der Waals surface area contributed by atoms with Crippen molar-refractivity contribution in [3.05, 3.63) is 59.7 Å². The summed E-state index contributed by atoms with van der Waals surface area (Å²) >= 11 is 0. The van der Waals surface area contributed by atoms with Gasteiger partial charge in [0.15, 0.2) is 5.78 Å². The van der Waals surface area contributed by atoms with Crippen LogP contribution < -0.4 is 4.90 Å². The molecule has 2 aromatic rings. The quantitative estimate of drug-likeness (QED) is 0.859. The van der Waals surface area contributed by atoms with Crippen LogP contribution in [0.3, 0.4) is 0 Å². The number of phenols is 1. The molecule has 2 rings (SSSR count). The third kappa shape index (κ3) is 3.37. The molecule has 110 valence electrons. The number of hydrogen-bond acceptors (Lipinski definition) is 3. The lowest BCUT2D eigenvalue weighted by molar-refractivity contribution is 0.0996. The van der Waals surface area contributed by atoms with Crippen LogP contribution in [-0.2, 0) is 0 Å². The molecule has 0 unspecified atom stereocenters. The Kier molecular flexibility index (Phi) is 4.52. The minimum atomic E-state index is -0.606. The number of carbonyl (C=O) groups is 1. The number of ketones is 1. The van der Waals surface area contributed by atoms with Crippen LogP contribution >= 0.6 is 0 Å². The molecule has 0 aromatic heterocycles. The molecule has 0 atom stereocenters. The van der Waals surface area contributed by atoms with E-state index in [9.17, 15) is 18.7 Å². The Morgan fingerprint density at radius 1 is 1.19 bits per heavy atom. The first-order chi connectivity index (χ1) is 10.0. The lowest BCUT2D eigenvalue weighted by Crippen LogP contribution is -2.30. The van der Waals surface area contributed by atoms with Gasteiger partial charge in [0.1, 0.15) is 17.4 Å². The minimum Gasteiger partial charge on any atom is -0.507 e. The number of Topliss-reactive ketones (excluding diaryl/α,β-unsaturated/α-hetero) is 1. The van der Waals surface area contributed by atoms with Gasteiger partial charge in [0.25, 0.3) is 0 Å². The van der Waals surface area contributed by atoms with Gasteiger partial charge in [-0.2, -0.15) is 0 Å². The highest BCUT2D eigenvalue weighted by Crippen LogP contribution is 2.22. The summed E-state index contributed by atoms with van der Waals surface area (Å²) in [6.07, 6.45) is 0. The van der Waals surface area contributed by atoms with Crippen molar-refractivity contribution in [2.24, 2.45) is 0 Å². The van der Waals surface area contributed by atoms with Crippen molar-refractivity contribution in [3.8, 4) is 5.75 Å². The van der Waals surface area contributed by atoms with Crippen molar-refractivity contribution in [2.45, 2.75) is 6.92 Å². The predicted molar refractivity (Wildman–Crippen MR) is 76.7 cm³/mol. The first-order valence-corrected chi connectivity index (χ1v) is 6.54. The van der Waals surface area contributed by atoms with Crippen LogP contribution in [0.5, 0.6) is 5.75 Å². The summed E-state index contributed by atoms with van der Waals surface area (Å²) in [5, 5.41) is 9.64. The second-order valence-electron chi connectivity index (χ2n) is 4.55. The summed E-state index contributed by atoms with van der Waals surface area (Å²) in [6.45, 7) is 2.04. The van der Waals surface area contributed by atoms with E-state index in [2.05, 4.69) is 0 Å². The van der Waals surface area contributed by atoms with E-state index in [-0.39, 0.29) is 17.9 Å². The predicted octanol–water partition coefficient (Wildman–Crippen LogP) is 3.38. The maximum atomic E-state index is 13.8. The molecule has 0 aliphatic rings. The highest BCUT2D eigenvalue weighted by molar-refractivity contribution is 6.01. The monoisotopic (exact) mass is 291 g/mol. The van der Waals surface area contributed by atoms with Crippen molar-refractivity contribution in [1.82, 2.24) is 0 Å². The van der Waals surface area contributed by atoms with Crippen molar-refractivity contribution in [3.63, 3.8) is 0 Å². The smallest absolute Gasteiger partial charge is 0.185 e. The number of aromatic hydroxyl groups is 1. The van der Waals surface area contributed by atoms with Crippen LogP contribution in [0.2, 0.25) is 0 Å². The summed E-state index contributed by atoms with van der Waals surface area (Å²) in [7, 11) is 0. The second-order valence-corrected chi connectivity index (χ2v) is 4.55. The number of hydrogen-bond donors (Lipinski definition) is 1. The van der Waals surface area contributed by atoms with Gasteiger partial charge in [-0.3, -0.25) is 4.79 Å². The Labute approximate surface area is 121 Å². The second kappa shape index (κ2) is 6.35. The van der Waals surface area contributed by atoms with Crippen molar-refractivity contribution in [2.75, 3.05) is 18.0 Å². The van der Waals surface area contributed by atoms with E-state index in [0.717, 1.165) is 18.2 Å². The van der Waals surface area contributed by atoms with Gasteiger partial charge in [0, 0.05) is 6.54 Å². The van der Waals surface area contributed by atoms with Crippen LogP contribution in [0.1, 0.15) is 17.3 Å². The zero-order chi connectivity index (χ0) is 15.4. The number of nitrogens with zero attached hydrogens (tertiary/aromatic N) is 1. The molecule has 2 aromatic carbocycles. The van der Waals surface area contributed by atoms with E-state index in [1.807, 2.05) is 0 Å². The lowest BCUT2D eigenvalue weighted by atomic mass is 10.1. The highest BCUT2D eigenvalue weighted by atomic mass is 19.1. The van der Waals surface area contributed by atoms with Gasteiger partial charge in [0.2, 0.25) is 0 Å². The molecule has 0 saturated heterocycles. The molecule has 0 fully saturated rings. The molecule has 1 N–H and O–H groups in total. The van der Waals surface area contributed by atoms with Gasteiger partial charge in [-0.25, -0.2) is 8.78 Å². The standard InChI is InChI=1S/C16H15F2NO2/c1-2-19(14-6-4-3-5-13(14)18)10-16(21)12-9-11(17)7-8-15(12)20/h3-9,20H,2,10H2,1H3. The molecule has 0 spiro atoms. The van der Waals surface area contributed by atoms with Gasteiger partial charge in [0.05, 0.1) is 17.8 Å². The molecule has 0 bridgehead atoms. The lowest BCUT2D eigenvalue weighted by Gasteiger charge is -2.22. The number of rotatable bonds is 5. The zero-order valence-corrected chi connectivity index (χ0v) is 11.5. The largest absolute Gasteiger partial charge is 0.507 e. The molecular formula is C16H15F2NO2. The molecule has 5 heteroatoms. The normalized spacial score (nSPS) is 10.4. The van der Waals surface area contributed by atoms with Crippen LogP contribution in [0.4, 0.5) is 14.5 Å². The molecule has 0 saturated carbocycles. The summed E-state index contributed by atoms with van der Waals surface area (Å²) in [5.41, 5.74) is 0.189. The number of likely N-dealkylation sites (N-methyl/N-ethyl adjacent to an activating group) is 1. The Bertz CT molecular complexity index is 658. The van der Waals surface area contributed by atoms with Crippen LogP contribution in [0, 0.1) is 11.6 Å². The summed E-state index contributed by atoms with van der Waals surface area (Å²) in [6, 6.07) is 9.28. The van der Waals surface area contributed by atoms with Gasteiger partial charge in [-0.15, -0.1) is 0 Å². The van der Waals surface area contributed by atoms with Gasteiger partial charge in [-0.1, -0.05) is 12.1 Å². The molecule has 3 nitrogen and oxygen atoms in total. The van der Waals surface area contributed by atoms with Gasteiger partial charge < -0.3 is 10.0 Å². The Morgan fingerprint density at radius 2 is 1.90 bits per heavy atom. The zero-order valence-electron chi connectivity index (χ0n) is 11.5. The van der Waals surface area contributed by atoms with Crippen LogP contribution in [-0.4, -0.2) is 24.0 Å². The first kappa shape index (κ1) is 15.0. The fourth-order valence-electron chi connectivity index (χ4n) is 2.07. The molecular weight excluding hydrogens is 276 g/mol. The van der Waals surface area contributed by atoms with Gasteiger partial charge >= 0.3 is 0 Å². The average Bonchev–Trinajstić information content (AvgIpc) is 2.48. The summed E-state index contributed by atoms with van der Waals surface area (Å²) < 4.78 is 26.9. The van der Waals surface area contributed by atoms with Crippen molar-refractivity contribution < 1.29 is 18.7 Å². The van der Waals surface area contributed by atoms with Crippen molar-refractivity contribution >= 4 is 11.5 Å². The number of phenolic OH excluding ortho intramolecular Hbond substituents is 1. The molecule has 0 aliphatic carbocycles. The third-order valence-electron chi connectivity index (χ3n) is 3.17. The molecule has 0 amide bonds. The summed E-state index contributed by atoms with van der Waals surface area (Å²) in [4.78, 5) is 13.7. The van der Waals surface area contributed by atoms with Gasteiger partial charge in [-0.05, 0) is 37.3 Å². The third-order valence-corrected chi connectivity index (χ3v) is 3.17. The maximum Gasteiger partial charge on any atom is 0.185 e. The SMILES string of the molecule is CCN(CC(=O)c1cc(F)ccc1O)c1ccccc1F. The number of anilines is 1.